The van der Waals surface area contributed by atoms with Gasteiger partial charge in [0.1, 0.15) is 11.5 Å². The van der Waals surface area contributed by atoms with Gasteiger partial charge in [0.15, 0.2) is 0 Å². The van der Waals surface area contributed by atoms with Crippen molar-refractivity contribution in [2.45, 2.75) is 12.8 Å². The van der Waals surface area contributed by atoms with Gasteiger partial charge < -0.3 is 10.5 Å². The van der Waals surface area contributed by atoms with E-state index in [0.29, 0.717) is 0 Å². The van der Waals surface area contributed by atoms with Crippen molar-refractivity contribution in [1.82, 2.24) is 4.98 Å². The van der Waals surface area contributed by atoms with Crippen LogP contribution < -0.4 is 10.5 Å². The number of pyridine rings is 1. The first-order valence-electron chi connectivity index (χ1n) is 5.70. The fourth-order valence-electron chi connectivity index (χ4n) is 1.90. The molecule has 3 heteroatoms. The average Bonchev–Trinajstić information content (AvgIpc) is 2.60. The van der Waals surface area contributed by atoms with E-state index in [0.717, 1.165) is 24.3 Å². The summed E-state index contributed by atoms with van der Waals surface area (Å²) in [5, 5.41) is 0. The molecule has 1 aliphatic rings. The smallest absolute Gasteiger partial charge is 0.148 e. The minimum atomic E-state index is 0.891. The summed E-state index contributed by atoms with van der Waals surface area (Å²) in [4.78, 5) is 4.09. The number of ether oxygens (including phenoxy) is 1. The zero-order chi connectivity index (χ0) is 12.1. The lowest BCUT2D eigenvalue weighted by Crippen LogP contribution is -1.88. The zero-order valence-electron chi connectivity index (χ0n) is 9.89. The highest BCUT2D eigenvalue weighted by Crippen LogP contribution is 2.32. The van der Waals surface area contributed by atoms with Crippen LogP contribution >= 0.6 is 0 Å². The molecule has 0 saturated carbocycles. The average molecular weight is 228 g/mol. The van der Waals surface area contributed by atoms with Crippen molar-refractivity contribution in [3.05, 3.63) is 53.9 Å². The molecular formula is C14H16N2O. The maximum absolute atomic E-state index is 5.84. The first-order valence-corrected chi connectivity index (χ1v) is 5.70. The van der Waals surface area contributed by atoms with Crippen molar-refractivity contribution in [3.8, 4) is 11.5 Å². The van der Waals surface area contributed by atoms with Gasteiger partial charge in [-0.2, -0.15) is 0 Å². The summed E-state index contributed by atoms with van der Waals surface area (Å²) in [5.41, 5.74) is 7.01. The summed E-state index contributed by atoms with van der Waals surface area (Å²) in [5.74, 6) is 1.85. The van der Waals surface area contributed by atoms with Gasteiger partial charge in [0.25, 0.3) is 0 Å². The van der Waals surface area contributed by atoms with Crippen LogP contribution in [-0.4, -0.2) is 12.0 Å². The van der Waals surface area contributed by atoms with E-state index in [2.05, 4.69) is 22.9 Å². The van der Waals surface area contributed by atoms with Crippen LogP contribution in [0.3, 0.4) is 0 Å². The SMILES string of the molecule is CN.c1ccc2c(c1)CCc1ccncc1O2. The molecule has 0 radical (unpaired) electrons. The van der Waals surface area contributed by atoms with E-state index in [-0.39, 0.29) is 0 Å². The predicted octanol–water partition coefficient (Wildman–Crippen LogP) is 2.55. The molecule has 17 heavy (non-hydrogen) atoms. The Morgan fingerprint density at radius 1 is 1.00 bits per heavy atom. The molecule has 88 valence electrons. The number of hydrogen-bond acceptors (Lipinski definition) is 3. The number of nitrogens with two attached hydrogens (primary N) is 1. The van der Waals surface area contributed by atoms with E-state index in [4.69, 9.17) is 4.74 Å². The molecule has 0 saturated heterocycles. The third-order valence-electron chi connectivity index (χ3n) is 2.73. The van der Waals surface area contributed by atoms with E-state index >= 15 is 0 Å². The van der Waals surface area contributed by atoms with Crippen molar-refractivity contribution < 1.29 is 4.74 Å². The highest BCUT2D eigenvalue weighted by molar-refractivity contribution is 5.43. The standard InChI is InChI=1S/C13H11NO.CH5N/c1-2-4-12-10(3-1)5-6-11-7-8-14-9-13(11)15-12;1-2/h1-4,7-9H,5-6H2;2H2,1H3. The molecule has 2 N–H and O–H groups in total. The van der Waals surface area contributed by atoms with Crippen LogP contribution in [-0.2, 0) is 12.8 Å². The fourth-order valence-corrected chi connectivity index (χ4v) is 1.90. The molecule has 1 aliphatic heterocycles. The molecular weight excluding hydrogens is 212 g/mol. The maximum Gasteiger partial charge on any atom is 0.148 e. The number of aryl methyl sites for hydroxylation is 2. The Morgan fingerprint density at radius 2 is 1.71 bits per heavy atom. The highest BCUT2D eigenvalue weighted by Gasteiger charge is 2.13. The van der Waals surface area contributed by atoms with E-state index in [9.17, 15) is 0 Å². The van der Waals surface area contributed by atoms with Crippen LogP contribution in [0.4, 0.5) is 0 Å². The Morgan fingerprint density at radius 3 is 2.53 bits per heavy atom. The quantitative estimate of drug-likeness (QED) is 0.753. The summed E-state index contributed by atoms with van der Waals surface area (Å²) in [7, 11) is 1.50. The summed E-state index contributed by atoms with van der Waals surface area (Å²) in [6, 6.07) is 10.2. The Labute approximate surface area is 101 Å². The second-order valence-electron chi connectivity index (χ2n) is 3.69. The third kappa shape index (κ3) is 2.45. The minimum absolute atomic E-state index is 0.891. The molecule has 1 aromatic heterocycles. The largest absolute Gasteiger partial charge is 0.455 e. The molecule has 0 atom stereocenters. The lowest BCUT2D eigenvalue weighted by molar-refractivity contribution is 0.477. The minimum Gasteiger partial charge on any atom is -0.455 e. The topological polar surface area (TPSA) is 48.1 Å². The Hall–Kier alpha value is -1.87. The number of rotatable bonds is 0. The number of benzene rings is 1. The van der Waals surface area contributed by atoms with Gasteiger partial charge in [-0.3, -0.25) is 4.98 Å². The van der Waals surface area contributed by atoms with Gasteiger partial charge >= 0.3 is 0 Å². The summed E-state index contributed by atoms with van der Waals surface area (Å²) in [6.07, 6.45) is 5.66. The molecule has 3 rings (SSSR count). The van der Waals surface area contributed by atoms with Gasteiger partial charge in [-0.15, -0.1) is 0 Å². The number of hydrogen-bond donors (Lipinski definition) is 1. The van der Waals surface area contributed by atoms with Crippen molar-refractivity contribution in [1.29, 1.82) is 0 Å². The van der Waals surface area contributed by atoms with Crippen LogP contribution in [0.2, 0.25) is 0 Å². The molecule has 2 heterocycles. The molecule has 0 aliphatic carbocycles. The number of nitrogens with zero attached hydrogens (tertiary/aromatic N) is 1. The summed E-state index contributed by atoms with van der Waals surface area (Å²) >= 11 is 0. The van der Waals surface area contributed by atoms with Gasteiger partial charge in [-0.1, -0.05) is 18.2 Å². The highest BCUT2D eigenvalue weighted by atomic mass is 16.5. The first-order chi connectivity index (χ1) is 8.43. The maximum atomic E-state index is 5.84. The number of para-hydroxylation sites is 1. The second kappa shape index (κ2) is 5.46. The first kappa shape index (κ1) is 11.6. The van der Waals surface area contributed by atoms with Crippen molar-refractivity contribution in [2.75, 3.05) is 7.05 Å². The van der Waals surface area contributed by atoms with Gasteiger partial charge in [0, 0.05) is 6.20 Å². The lowest BCUT2D eigenvalue weighted by atomic mass is 10.1. The normalized spacial score (nSPS) is 12.1. The fraction of sp³-hybridized carbons (Fsp3) is 0.214. The molecule has 2 aromatic rings. The van der Waals surface area contributed by atoms with Crippen molar-refractivity contribution in [2.24, 2.45) is 5.73 Å². The molecule has 0 spiro atoms. The van der Waals surface area contributed by atoms with Crippen LogP contribution in [0, 0.1) is 0 Å². The number of aromatic nitrogens is 1. The molecule has 3 nitrogen and oxygen atoms in total. The zero-order valence-corrected chi connectivity index (χ0v) is 9.89. The van der Waals surface area contributed by atoms with E-state index < -0.39 is 0 Å². The van der Waals surface area contributed by atoms with Crippen LogP contribution in [0.15, 0.2) is 42.7 Å². The van der Waals surface area contributed by atoms with Gasteiger partial charge in [0.2, 0.25) is 0 Å². The summed E-state index contributed by atoms with van der Waals surface area (Å²) < 4.78 is 5.84. The van der Waals surface area contributed by atoms with Crippen molar-refractivity contribution >= 4 is 0 Å². The van der Waals surface area contributed by atoms with E-state index in [1.807, 2.05) is 24.4 Å². The van der Waals surface area contributed by atoms with E-state index in [1.54, 1.807) is 6.20 Å². The lowest BCUT2D eigenvalue weighted by Gasteiger charge is -2.06. The van der Waals surface area contributed by atoms with Crippen LogP contribution in [0.25, 0.3) is 0 Å². The Balaban J connectivity index is 0.000000514. The molecule has 0 amide bonds. The van der Waals surface area contributed by atoms with Gasteiger partial charge in [0.05, 0.1) is 6.20 Å². The summed E-state index contributed by atoms with van der Waals surface area (Å²) in [6.45, 7) is 0. The van der Waals surface area contributed by atoms with Crippen LogP contribution in [0.5, 0.6) is 11.5 Å². The number of fused-ring (bicyclic) bond motifs is 2. The van der Waals surface area contributed by atoms with E-state index in [1.165, 1.54) is 18.2 Å². The van der Waals surface area contributed by atoms with Gasteiger partial charge in [-0.25, -0.2) is 0 Å². The Kier molecular flexibility index (Phi) is 3.73. The predicted molar refractivity (Wildman–Crippen MR) is 68.3 cm³/mol. The third-order valence-corrected chi connectivity index (χ3v) is 2.73. The second-order valence-corrected chi connectivity index (χ2v) is 3.69. The van der Waals surface area contributed by atoms with Crippen LogP contribution in [0.1, 0.15) is 11.1 Å². The Bertz CT molecular complexity index is 452. The molecule has 0 unspecified atom stereocenters. The monoisotopic (exact) mass is 228 g/mol. The van der Waals surface area contributed by atoms with Crippen molar-refractivity contribution in [3.63, 3.8) is 0 Å². The van der Waals surface area contributed by atoms with Gasteiger partial charge in [-0.05, 0) is 43.1 Å². The molecule has 0 bridgehead atoms. The molecule has 1 aromatic carbocycles. The molecule has 0 fully saturated rings.